The lowest BCUT2D eigenvalue weighted by atomic mass is 10.2. The number of aryl methyl sites for hydroxylation is 1. The number of para-hydroxylation sites is 1. The molecular weight excluding hydrogens is 190 g/mol. The normalized spacial score (nSPS) is 11.1. The lowest BCUT2D eigenvalue weighted by Gasteiger charge is -2.07. The van der Waals surface area contributed by atoms with Crippen molar-refractivity contribution in [3.63, 3.8) is 0 Å². The van der Waals surface area contributed by atoms with Gasteiger partial charge < -0.3 is 14.8 Å². The highest BCUT2D eigenvalue weighted by Gasteiger charge is 2.09. The van der Waals surface area contributed by atoms with Gasteiger partial charge in [-0.2, -0.15) is 0 Å². The van der Waals surface area contributed by atoms with Gasteiger partial charge in [-0.15, -0.1) is 0 Å². The Morgan fingerprint density at radius 2 is 2.13 bits per heavy atom. The molecule has 0 bridgehead atoms. The minimum Gasteiger partial charge on any atom is -0.506 e. The molecule has 0 fully saturated rings. The van der Waals surface area contributed by atoms with E-state index < -0.39 is 0 Å². The lowest BCUT2D eigenvalue weighted by molar-refractivity contribution is 0.296. The fourth-order valence-electron chi connectivity index (χ4n) is 2.04. The number of aliphatic hydroxyl groups is 1. The summed E-state index contributed by atoms with van der Waals surface area (Å²) in [5.41, 5.74) is 1.93. The Morgan fingerprint density at radius 1 is 1.33 bits per heavy atom. The Kier molecular flexibility index (Phi) is 2.64. The molecule has 1 heterocycles. The van der Waals surface area contributed by atoms with Crippen LogP contribution in [0.5, 0.6) is 5.75 Å². The van der Waals surface area contributed by atoms with Gasteiger partial charge in [0.1, 0.15) is 5.75 Å². The maximum atomic E-state index is 9.78. The zero-order chi connectivity index (χ0) is 10.8. The molecule has 0 radical (unpaired) electrons. The summed E-state index contributed by atoms with van der Waals surface area (Å²) in [6, 6.07) is 7.52. The summed E-state index contributed by atoms with van der Waals surface area (Å²) >= 11 is 0. The Bertz CT molecular complexity index is 474. The number of hydrogen-bond donors (Lipinski definition) is 2. The Hall–Kier alpha value is -1.48. The van der Waals surface area contributed by atoms with E-state index in [1.54, 1.807) is 6.07 Å². The molecular formula is C12H15NO2. The summed E-state index contributed by atoms with van der Waals surface area (Å²) in [6.45, 7) is 2.97. The standard InChI is InChI=1S/C12H15NO2/c1-2-13-10(6-7-14)8-9-4-3-5-11(15)12(9)13/h3-5,8,14-15H,2,6-7H2,1H3. The van der Waals surface area contributed by atoms with Gasteiger partial charge in [-0.25, -0.2) is 0 Å². The van der Waals surface area contributed by atoms with Crippen LogP contribution in [0.15, 0.2) is 24.3 Å². The molecule has 15 heavy (non-hydrogen) atoms. The largest absolute Gasteiger partial charge is 0.506 e. The number of aliphatic hydroxyl groups excluding tert-OH is 1. The van der Waals surface area contributed by atoms with Crippen LogP contribution in [0.25, 0.3) is 10.9 Å². The molecule has 0 amide bonds. The second-order valence-electron chi connectivity index (χ2n) is 3.57. The molecule has 1 aromatic heterocycles. The quantitative estimate of drug-likeness (QED) is 0.803. The third kappa shape index (κ3) is 1.59. The Labute approximate surface area is 88.6 Å². The van der Waals surface area contributed by atoms with E-state index >= 15 is 0 Å². The van der Waals surface area contributed by atoms with E-state index in [-0.39, 0.29) is 6.61 Å². The predicted octanol–water partition coefficient (Wildman–Crippen LogP) is 1.90. The Morgan fingerprint density at radius 3 is 2.80 bits per heavy atom. The van der Waals surface area contributed by atoms with Crippen molar-refractivity contribution in [2.75, 3.05) is 6.61 Å². The monoisotopic (exact) mass is 205 g/mol. The first kappa shape index (κ1) is 10.1. The molecule has 0 saturated carbocycles. The van der Waals surface area contributed by atoms with Crippen molar-refractivity contribution in [1.82, 2.24) is 4.57 Å². The molecule has 3 nitrogen and oxygen atoms in total. The molecule has 0 aliphatic carbocycles. The average molecular weight is 205 g/mol. The average Bonchev–Trinajstić information content (AvgIpc) is 2.57. The minimum absolute atomic E-state index is 0.136. The molecule has 80 valence electrons. The number of fused-ring (bicyclic) bond motifs is 1. The van der Waals surface area contributed by atoms with Crippen LogP contribution < -0.4 is 0 Å². The number of rotatable bonds is 3. The Balaban J connectivity index is 2.68. The van der Waals surface area contributed by atoms with E-state index in [9.17, 15) is 5.11 Å². The maximum absolute atomic E-state index is 9.78. The summed E-state index contributed by atoms with van der Waals surface area (Å²) < 4.78 is 2.04. The molecule has 2 N–H and O–H groups in total. The number of hydrogen-bond acceptors (Lipinski definition) is 2. The third-order valence-electron chi connectivity index (χ3n) is 2.67. The van der Waals surface area contributed by atoms with Crippen LogP contribution in [0, 0.1) is 0 Å². The lowest BCUT2D eigenvalue weighted by Crippen LogP contribution is -2.02. The smallest absolute Gasteiger partial charge is 0.139 e. The van der Waals surface area contributed by atoms with E-state index in [1.165, 1.54) is 0 Å². The van der Waals surface area contributed by atoms with Gasteiger partial charge in [0.2, 0.25) is 0 Å². The number of nitrogens with zero attached hydrogens (tertiary/aromatic N) is 1. The second kappa shape index (κ2) is 3.95. The van der Waals surface area contributed by atoms with Crippen LogP contribution in [-0.2, 0) is 13.0 Å². The fraction of sp³-hybridized carbons (Fsp3) is 0.333. The first-order chi connectivity index (χ1) is 7.27. The van der Waals surface area contributed by atoms with Gasteiger partial charge in [0.15, 0.2) is 0 Å². The zero-order valence-electron chi connectivity index (χ0n) is 8.77. The molecule has 3 heteroatoms. The second-order valence-corrected chi connectivity index (χ2v) is 3.57. The molecule has 0 aliphatic rings. The van der Waals surface area contributed by atoms with Crippen molar-refractivity contribution in [3.05, 3.63) is 30.0 Å². The number of aromatic nitrogens is 1. The first-order valence-electron chi connectivity index (χ1n) is 5.19. The number of phenols is 1. The number of phenolic OH excluding ortho intramolecular Hbond substituents is 1. The highest BCUT2D eigenvalue weighted by atomic mass is 16.3. The first-order valence-corrected chi connectivity index (χ1v) is 5.19. The van der Waals surface area contributed by atoms with Crippen LogP contribution in [0.1, 0.15) is 12.6 Å². The van der Waals surface area contributed by atoms with Gasteiger partial charge in [-0.3, -0.25) is 0 Å². The van der Waals surface area contributed by atoms with Gasteiger partial charge in [0.25, 0.3) is 0 Å². The zero-order valence-corrected chi connectivity index (χ0v) is 8.77. The van der Waals surface area contributed by atoms with Crippen LogP contribution in [0.4, 0.5) is 0 Å². The van der Waals surface area contributed by atoms with Gasteiger partial charge in [0, 0.05) is 30.7 Å². The van der Waals surface area contributed by atoms with Gasteiger partial charge in [-0.1, -0.05) is 12.1 Å². The van der Waals surface area contributed by atoms with Crippen molar-refractivity contribution in [2.24, 2.45) is 0 Å². The SMILES string of the molecule is CCn1c(CCO)cc2cccc(O)c21. The van der Waals surface area contributed by atoms with Crippen LogP contribution in [0.3, 0.4) is 0 Å². The summed E-state index contributed by atoms with van der Waals surface area (Å²) in [7, 11) is 0. The van der Waals surface area contributed by atoms with E-state index in [0.717, 1.165) is 23.1 Å². The van der Waals surface area contributed by atoms with Gasteiger partial charge in [0.05, 0.1) is 5.52 Å². The van der Waals surface area contributed by atoms with Gasteiger partial charge in [-0.05, 0) is 19.1 Å². The van der Waals surface area contributed by atoms with Crippen molar-refractivity contribution in [3.8, 4) is 5.75 Å². The molecule has 0 spiro atoms. The number of aromatic hydroxyl groups is 1. The molecule has 0 atom stereocenters. The van der Waals surface area contributed by atoms with Crippen molar-refractivity contribution < 1.29 is 10.2 Å². The van der Waals surface area contributed by atoms with Crippen LogP contribution >= 0.6 is 0 Å². The van der Waals surface area contributed by atoms with E-state index in [4.69, 9.17) is 5.11 Å². The molecule has 1 aromatic carbocycles. The van der Waals surface area contributed by atoms with Gasteiger partial charge >= 0.3 is 0 Å². The molecule has 0 aliphatic heterocycles. The summed E-state index contributed by atoms with van der Waals surface area (Å²) in [4.78, 5) is 0. The number of benzene rings is 1. The predicted molar refractivity (Wildman–Crippen MR) is 60.1 cm³/mol. The van der Waals surface area contributed by atoms with Crippen LogP contribution in [-0.4, -0.2) is 21.4 Å². The van der Waals surface area contributed by atoms with Crippen LogP contribution in [0.2, 0.25) is 0 Å². The molecule has 0 unspecified atom stereocenters. The molecule has 0 saturated heterocycles. The summed E-state index contributed by atoms with van der Waals surface area (Å²) in [6.07, 6.45) is 0.627. The highest BCUT2D eigenvalue weighted by molar-refractivity contribution is 5.86. The van der Waals surface area contributed by atoms with E-state index in [0.29, 0.717) is 12.2 Å². The highest BCUT2D eigenvalue weighted by Crippen LogP contribution is 2.28. The minimum atomic E-state index is 0.136. The van der Waals surface area contributed by atoms with Crippen molar-refractivity contribution in [2.45, 2.75) is 19.9 Å². The third-order valence-corrected chi connectivity index (χ3v) is 2.67. The van der Waals surface area contributed by atoms with Crippen molar-refractivity contribution in [1.29, 1.82) is 0 Å². The maximum Gasteiger partial charge on any atom is 0.139 e. The summed E-state index contributed by atoms with van der Waals surface area (Å²) in [5, 5.41) is 19.8. The summed E-state index contributed by atoms with van der Waals surface area (Å²) in [5.74, 6) is 0.304. The topological polar surface area (TPSA) is 45.4 Å². The van der Waals surface area contributed by atoms with Crippen molar-refractivity contribution >= 4 is 10.9 Å². The van der Waals surface area contributed by atoms with E-state index in [2.05, 4.69) is 0 Å². The molecule has 2 rings (SSSR count). The molecule has 2 aromatic rings. The fourth-order valence-corrected chi connectivity index (χ4v) is 2.04. The van der Waals surface area contributed by atoms with E-state index in [1.807, 2.05) is 29.7 Å².